The zero-order chi connectivity index (χ0) is 18.4. The number of benzene rings is 2. The summed E-state index contributed by atoms with van der Waals surface area (Å²) >= 11 is 6.04. The number of halogens is 1. The summed E-state index contributed by atoms with van der Waals surface area (Å²) in [5, 5.41) is 3.73. The molecule has 0 spiro atoms. The molecule has 4 heteroatoms. The molecule has 0 heterocycles. The molecule has 0 fully saturated rings. The molecule has 0 aliphatic heterocycles. The topological polar surface area (TPSA) is 38.3 Å². The molecule has 0 bridgehead atoms. The van der Waals surface area contributed by atoms with Crippen LogP contribution in [-0.2, 0) is 11.2 Å². The number of hydrogen-bond acceptors (Lipinski definition) is 2. The van der Waals surface area contributed by atoms with Crippen molar-refractivity contribution in [3.63, 3.8) is 0 Å². The van der Waals surface area contributed by atoms with E-state index in [1.807, 2.05) is 26.8 Å². The van der Waals surface area contributed by atoms with Gasteiger partial charge in [0.1, 0.15) is 5.75 Å². The largest absolute Gasteiger partial charge is 0.481 e. The van der Waals surface area contributed by atoms with Gasteiger partial charge >= 0.3 is 0 Å². The van der Waals surface area contributed by atoms with Gasteiger partial charge in [-0.05, 0) is 61.6 Å². The molecular formula is C21H26ClNO2. The Balaban J connectivity index is 2.01. The highest BCUT2D eigenvalue weighted by atomic mass is 35.5. The Hall–Kier alpha value is -2.00. The Morgan fingerprint density at radius 2 is 1.84 bits per heavy atom. The van der Waals surface area contributed by atoms with Gasteiger partial charge in [0.25, 0.3) is 5.91 Å². The molecule has 0 unspecified atom stereocenters. The van der Waals surface area contributed by atoms with Crippen LogP contribution in [0.5, 0.6) is 5.75 Å². The predicted octanol–water partition coefficient (Wildman–Crippen LogP) is 5.25. The zero-order valence-corrected chi connectivity index (χ0v) is 16.1. The highest BCUT2D eigenvalue weighted by Gasteiger charge is 2.21. The molecule has 0 aromatic heterocycles. The molecule has 134 valence electrons. The molecule has 1 N–H and O–H groups in total. The van der Waals surface area contributed by atoms with E-state index in [2.05, 4.69) is 36.5 Å². The minimum Gasteiger partial charge on any atom is -0.481 e. The van der Waals surface area contributed by atoms with Gasteiger partial charge in [0.2, 0.25) is 0 Å². The van der Waals surface area contributed by atoms with Crippen LogP contribution in [0.25, 0.3) is 0 Å². The Kier molecular flexibility index (Phi) is 6.89. The number of ether oxygens (including phenoxy) is 1. The van der Waals surface area contributed by atoms with E-state index in [1.54, 1.807) is 12.1 Å². The minimum atomic E-state index is -0.530. The molecule has 2 atom stereocenters. The van der Waals surface area contributed by atoms with Crippen LogP contribution >= 0.6 is 11.6 Å². The van der Waals surface area contributed by atoms with Gasteiger partial charge in [-0.15, -0.1) is 0 Å². The summed E-state index contributed by atoms with van der Waals surface area (Å²) in [7, 11) is 0. The number of aryl methyl sites for hydroxylation is 2. The monoisotopic (exact) mass is 359 g/mol. The maximum Gasteiger partial charge on any atom is 0.261 e. The van der Waals surface area contributed by atoms with Crippen molar-refractivity contribution in [2.45, 2.75) is 52.7 Å². The molecule has 0 radical (unpaired) electrons. The van der Waals surface area contributed by atoms with Gasteiger partial charge in [0, 0.05) is 5.02 Å². The average Bonchev–Trinajstić information content (AvgIpc) is 2.62. The third-order valence-electron chi connectivity index (χ3n) is 4.32. The van der Waals surface area contributed by atoms with Crippen molar-refractivity contribution in [1.82, 2.24) is 5.32 Å². The molecule has 0 saturated carbocycles. The fraction of sp³-hybridized carbons (Fsp3) is 0.381. The maximum atomic E-state index is 12.6. The number of carbonyl (C=O) groups excluding carboxylic acids is 1. The Labute approximate surface area is 155 Å². The maximum absolute atomic E-state index is 12.6. The number of rotatable bonds is 7. The van der Waals surface area contributed by atoms with Crippen LogP contribution < -0.4 is 10.1 Å². The predicted molar refractivity (Wildman–Crippen MR) is 103 cm³/mol. The van der Waals surface area contributed by atoms with Crippen molar-refractivity contribution in [2.75, 3.05) is 0 Å². The fourth-order valence-corrected chi connectivity index (χ4v) is 2.73. The summed E-state index contributed by atoms with van der Waals surface area (Å²) in [6, 6.07) is 13.7. The van der Waals surface area contributed by atoms with Crippen LogP contribution in [0, 0.1) is 6.92 Å². The SMILES string of the molecule is CCc1ccc([C@@H](C)NC(=O)[C@@H](CC)Oc2ccc(Cl)c(C)c2)cc1. The van der Waals surface area contributed by atoms with E-state index in [-0.39, 0.29) is 11.9 Å². The lowest BCUT2D eigenvalue weighted by atomic mass is 10.0. The second kappa shape index (κ2) is 8.91. The Morgan fingerprint density at radius 3 is 2.40 bits per heavy atom. The van der Waals surface area contributed by atoms with E-state index in [0.29, 0.717) is 17.2 Å². The first-order chi connectivity index (χ1) is 11.9. The van der Waals surface area contributed by atoms with Crippen molar-refractivity contribution in [2.24, 2.45) is 0 Å². The summed E-state index contributed by atoms with van der Waals surface area (Å²) < 4.78 is 5.86. The summed E-state index contributed by atoms with van der Waals surface area (Å²) in [6.45, 7) is 7.96. The Morgan fingerprint density at radius 1 is 1.16 bits per heavy atom. The molecular weight excluding hydrogens is 334 g/mol. The number of hydrogen-bond donors (Lipinski definition) is 1. The van der Waals surface area contributed by atoms with Crippen LogP contribution in [0.4, 0.5) is 0 Å². The number of amides is 1. The van der Waals surface area contributed by atoms with Crippen molar-refractivity contribution in [3.8, 4) is 5.75 Å². The summed E-state index contributed by atoms with van der Waals surface area (Å²) in [6.07, 6.45) is 1.07. The van der Waals surface area contributed by atoms with Gasteiger partial charge in [0.15, 0.2) is 6.10 Å². The van der Waals surface area contributed by atoms with Gasteiger partial charge in [-0.2, -0.15) is 0 Å². The van der Waals surface area contributed by atoms with E-state index in [4.69, 9.17) is 16.3 Å². The first-order valence-electron chi connectivity index (χ1n) is 8.76. The van der Waals surface area contributed by atoms with Gasteiger partial charge in [-0.25, -0.2) is 0 Å². The molecule has 0 aliphatic carbocycles. The van der Waals surface area contributed by atoms with Crippen molar-refractivity contribution in [1.29, 1.82) is 0 Å². The first kappa shape index (κ1) is 19.3. The highest BCUT2D eigenvalue weighted by Crippen LogP contribution is 2.23. The molecule has 2 aromatic rings. The molecule has 2 rings (SSSR count). The number of carbonyl (C=O) groups is 1. The van der Waals surface area contributed by atoms with Gasteiger partial charge in [0.05, 0.1) is 6.04 Å². The summed E-state index contributed by atoms with van der Waals surface area (Å²) in [5.74, 6) is 0.547. The molecule has 3 nitrogen and oxygen atoms in total. The lowest BCUT2D eigenvalue weighted by molar-refractivity contribution is -0.128. The van der Waals surface area contributed by atoms with Gasteiger partial charge in [-0.3, -0.25) is 4.79 Å². The van der Waals surface area contributed by atoms with Gasteiger partial charge in [-0.1, -0.05) is 49.7 Å². The first-order valence-corrected chi connectivity index (χ1v) is 9.14. The second-order valence-corrected chi connectivity index (χ2v) is 6.66. The Bertz CT molecular complexity index is 712. The molecule has 1 amide bonds. The van der Waals surface area contributed by atoms with E-state index >= 15 is 0 Å². The van der Waals surface area contributed by atoms with Crippen LogP contribution in [0.2, 0.25) is 5.02 Å². The summed E-state index contributed by atoms with van der Waals surface area (Å²) in [4.78, 5) is 12.6. The lowest BCUT2D eigenvalue weighted by Crippen LogP contribution is -2.39. The van der Waals surface area contributed by atoms with E-state index in [1.165, 1.54) is 5.56 Å². The van der Waals surface area contributed by atoms with Crippen LogP contribution in [0.15, 0.2) is 42.5 Å². The standard InChI is InChI=1S/C21H26ClNO2/c1-5-16-7-9-17(10-8-16)15(4)23-21(24)20(6-2)25-18-11-12-19(22)14(3)13-18/h7-13,15,20H,5-6H2,1-4H3,(H,23,24)/t15-,20-/m1/s1. The van der Waals surface area contributed by atoms with E-state index < -0.39 is 6.10 Å². The van der Waals surface area contributed by atoms with E-state index in [0.717, 1.165) is 17.5 Å². The van der Waals surface area contributed by atoms with Crippen molar-refractivity contribution < 1.29 is 9.53 Å². The second-order valence-electron chi connectivity index (χ2n) is 6.25. The smallest absolute Gasteiger partial charge is 0.261 e. The van der Waals surface area contributed by atoms with Crippen molar-refractivity contribution >= 4 is 17.5 Å². The minimum absolute atomic E-state index is 0.0667. The van der Waals surface area contributed by atoms with Gasteiger partial charge < -0.3 is 10.1 Å². The number of nitrogens with one attached hydrogen (secondary N) is 1. The van der Waals surface area contributed by atoms with Crippen LogP contribution in [0.3, 0.4) is 0 Å². The third kappa shape index (κ3) is 5.23. The fourth-order valence-electron chi connectivity index (χ4n) is 2.61. The quantitative estimate of drug-likeness (QED) is 0.733. The third-order valence-corrected chi connectivity index (χ3v) is 4.74. The van der Waals surface area contributed by atoms with Crippen LogP contribution in [0.1, 0.15) is 49.9 Å². The lowest BCUT2D eigenvalue weighted by Gasteiger charge is -2.21. The molecule has 0 saturated heterocycles. The average molecular weight is 360 g/mol. The normalized spacial score (nSPS) is 13.2. The van der Waals surface area contributed by atoms with E-state index in [9.17, 15) is 4.79 Å². The van der Waals surface area contributed by atoms with Crippen LogP contribution in [-0.4, -0.2) is 12.0 Å². The molecule has 2 aromatic carbocycles. The molecule has 0 aliphatic rings. The van der Waals surface area contributed by atoms with Crippen molar-refractivity contribution in [3.05, 3.63) is 64.2 Å². The molecule has 25 heavy (non-hydrogen) atoms. The zero-order valence-electron chi connectivity index (χ0n) is 15.3. The summed E-state index contributed by atoms with van der Waals surface area (Å²) in [5.41, 5.74) is 3.30. The highest BCUT2D eigenvalue weighted by molar-refractivity contribution is 6.31.